The topological polar surface area (TPSA) is 68.5 Å². The van der Waals surface area contributed by atoms with Gasteiger partial charge in [0.25, 0.3) is 0 Å². The molecule has 0 bridgehead atoms. The van der Waals surface area contributed by atoms with Gasteiger partial charge in [0, 0.05) is 6.54 Å². The first kappa shape index (κ1) is 12.8. The summed E-state index contributed by atoms with van der Waals surface area (Å²) in [4.78, 5) is 12.5. The van der Waals surface area contributed by atoms with Gasteiger partial charge >= 0.3 is 0 Å². The summed E-state index contributed by atoms with van der Waals surface area (Å²) in [7, 11) is 0. The van der Waals surface area contributed by atoms with Gasteiger partial charge in [-0.25, -0.2) is 19.6 Å². The van der Waals surface area contributed by atoms with Gasteiger partial charge in [0.2, 0.25) is 0 Å². The first-order valence-corrected chi connectivity index (χ1v) is 6.13. The van der Waals surface area contributed by atoms with Gasteiger partial charge in [-0.2, -0.15) is 5.10 Å². The second-order valence-electron chi connectivity index (χ2n) is 3.91. The molecule has 2 heterocycles. The molecule has 0 saturated heterocycles. The normalized spacial score (nSPS) is 12.4. The zero-order valence-electron chi connectivity index (χ0n) is 10.6. The number of hydrogen-bond donors (Lipinski definition) is 1. The molecule has 6 nitrogen and oxygen atoms in total. The molecule has 96 valence electrons. The second kappa shape index (κ2) is 5.30. The van der Waals surface area contributed by atoms with E-state index in [0.29, 0.717) is 16.7 Å². The van der Waals surface area contributed by atoms with E-state index in [0.717, 1.165) is 12.4 Å². The molecule has 0 aliphatic carbocycles. The summed E-state index contributed by atoms with van der Waals surface area (Å²) in [6.45, 7) is 6.61. The van der Waals surface area contributed by atoms with Crippen LogP contribution in [0.15, 0.2) is 12.5 Å². The van der Waals surface area contributed by atoms with E-state index < -0.39 is 0 Å². The summed E-state index contributed by atoms with van der Waals surface area (Å²) in [5, 5.41) is 7.85. The van der Waals surface area contributed by atoms with Crippen molar-refractivity contribution in [1.29, 1.82) is 0 Å². The van der Waals surface area contributed by atoms with E-state index in [4.69, 9.17) is 11.6 Å². The minimum Gasteiger partial charge on any atom is -0.359 e. The van der Waals surface area contributed by atoms with Crippen molar-refractivity contribution in [3.63, 3.8) is 0 Å². The molecule has 0 amide bonds. The Balaban J connectivity index is 2.21. The number of hydrogen-bond acceptors (Lipinski definition) is 5. The average Bonchev–Trinajstić information content (AvgIpc) is 2.82. The molecule has 1 unspecified atom stereocenters. The van der Waals surface area contributed by atoms with Crippen molar-refractivity contribution in [2.45, 2.75) is 33.4 Å². The predicted molar refractivity (Wildman–Crippen MR) is 69.5 cm³/mol. The van der Waals surface area contributed by atoms with Crippen LogP contribution >= 0.6 is 11.6 Å². The second-order valence-corrected chi connectivity index (χ2v) is 4.32. The Morgan fingerprint density at radius 3 is 2.94 bits per heavy atom. The molecule has 0 spiro atoms. The van der Waals surface area contributed by atoms with E-state index in [1.165, 1.54) is 0 Å². The van der Waals surface area contributed by atoms with Crippen molar-refractivity contribution in [2.75, 3.05) is 5.32 Å². The highest BCUT2D eigenvalue weighted by molar-refractivity contribution is 6.32. The van der Waals surface area contributed by atoms with Crippen molar-refractivity contribution in [2.24, 2.45) is 0 Å². The fourth-order valence-corrected chi connectivity index (χ4v) is 1.82. The molecule has 0 radical (unpaired) electrons. The van der Waals surface area contributed by atoms with Gasteiger partial charge < -0.3 is 5.32 Å². The number of halogens is 1. The van der Waals surface area contributed by atoms with Gasteiger partial charge in [-0.15, -0.1) is 0 Å². The van der Waals surface area contributed by atoms with Crippen molar-refractivity contribution in [3.8, 4) is 0 Å². The van der Waals surface area contributed by atoms with Crippen LogP contribution in [0.5, 0.6) is 0 Å². The Bertz CT molecular complexity index is 538. The lowest BCUT2D eigenvalue weighted by Gasteiger charge is -2.15. The quantitative estimate of drug-likeness (QED) is 0.919. The zero-order chi connectivity index (χ0) is 13.1. The summed E-state index contributed by atoms with van der Waals surface area (Å²) in [6, 6.07) is -0.0285. The smallest absolute Gasteiger partial charge is 0.149 e. The highest BCUT2D eigenvalue weighted by Crippen LogP contribution is 2.22. The lowest BCUT2D eigenvalue weighted by atomic mass is 10.3. The van der Waals surface area contributed by atoms with Crippen molar-refractivity contribution >= 4 is 17.4 Å². The Kier molecular flexibility index (Phi) is 3.76. The summed E-state index contributed by atoms with van der Waals surface area (Å²) < 4.78 is 1.83. The number of anilines is 1. The van der Waals surface area contributed by atoms with Gasteiger partial charge in [-0.05, 0) is 20.8 Å². The molecular formula is C11H15ClN6. The molecule has 0 aliphatic rings. The van der Waals surface area contributed by atoms with Crippen LogP contribution in [0, 0.1) is 6.92 Å². The van der Waals surface area contributed by atoms with Crippen molar-refractivity contribution < 1.29 is 0 Å². The van der Waals surface area contributed by atoms with Crippen molar-refractivity contribution in [3.05, 3.63) is 29.2 Å². The van der Waals surface area contributed by atoms with E-state index in [9.17, 15) is 0 Å². The molecule has 0 fully saturated rings. The zero-order valence-corrected chi connectivity index (χ0v) is 11.3. The molecule has 2 aromatic heterocycles. The Hall–Kier alpha value is -1.69. The number of nitrogens with zero attached hydrogens (tertiary/aromatic N) is 5. The number of aromatic nitrogens is 5. The molecule has 0 aliphatic heterocycles. The highest BCUT2D eigenvalue weighted by atomic mass is 35.5. The van der Waals surface area contributed by atoms with Crippen LogP contribution < -0.4 is 5.32 Å². The van der Waals surface area contributed by atoms with Gasteiger partial charge in [-0.1, -0.05) is 11.6 Å². The molecule has 18 heavy (non-hydrogen) atoms. The maximum absolute atomic E-state index is 6.05. The van der Waals surface area contributed by atoms with Gasteiger partial charge in [0.15, 0.2) is 0 Å². The van der Waals surface area contributed by atoms with E-state index in [-0.39, 0.29) is 6.04 Å². The van der Waals surface area contributed by atoms with E-state index in [1.54, 1.807) is 12.5 Å². The SMILES string of the molecule is CCn1ncnc1C(C)Nc1nc(C)ncc1Cl. The molecule has 2 aromatic rings. The first-order chi connectivity index (χ1) is 8.61. The minimum absolute atomic E-state index is 0.0285. The molecule has 1 atom stereocenters. The van der Waals surface area contributed by atoms with Crippen LogP contribution in [-0.2, 0) is 6.54 Å². The lowest BCUT2D eigenvalue weighted by Crippen LogP contribution is -2.15. The maximum Gasteiger partial charge on any atom is 0.149 e. The molecule has 0 saturated carbocycles. The van der Waals surface area contributed by atoms with E-state index in [2.05, 4.69) is 25.4 Å². The number of nitrogens with one attached hydrogen (secondary N) is 1. The predicted octanol–water partition coefficient (Wildman–Crippen LogP) is 2.22. The summed E-state index contributed by atoms with van der Waals surface area (Å²) in [5.74, 6) is 2.14. The van der Waals surface area contributed by atoms with E-state index >= 15 is 0 Å². The fourth-order valence-electron chi connectivity index (χ4n) is 1.68. The van der Waals surface area contributed by atoms with Crippen LogP contribution in [-0.4, -0.2) is 24.7 Å². The monoisotopic (exact) mass is 266 g/mol. The molecule has 1 N–H and O–H groups in total. The van der Waals surface area contributed by atoms with Crippen LogP contribution in [0.3, 0.4) is 0 Å². The standard InChI is InChI=1S/C11H15ClN6/c1-4-18-11(14-6-15-18)7(2)16-10-9(12)5-13-8(3)17-10/h5-7H,4H2,1-3H3,(H,13,16,17). The lowest BCUT2D eigenvalue weighted by molar-refractivity contribution is 0.592. The highest BCUT2D eigenvalue weighted by Gasteiger charge is 2.14. The Morgan fingerprint density at radius 1 is 1.44 bits per heavy atom. The molecule has 7 heteroatoms. The average molecular weight is 267 g/mol. The number of rotatable bonds is 4. The third-order valence-corrected chi connectivity index (χ3v) is 2.83. The van der Waals surface area contributed by atoms with Crippen molar-refractivity contribution in [1.82, 2.24) is 24.7 Å². The Morgan fingerprint density at radius 2 is 2.22 bits per heavy atom. The van der Waals surface area contributed by atoms with E-state index in [1.807, 2.05) is 25.5 Å². The third kappa shape index (κ3) is 2.59. The van der Waals surface area contributed by atoms with Gasteiger partial charge in [-0.3, -0.25) is 0 Å². The minimum atomic E-state index is -0.0285. The molecule has 0 aromatic carbocycles. The van der Waals surface area contributed by atoms with Gasteiger partial charge in [0.05, 0.1) is 12.2 Å². The van der Waals surface area contributed by atoms with Crippen LogP contribution in [0.1, 0.15) is 31.5 Å². The van der Waals surface area contributed by atoms with Crippen LogP contribution in [0.25, 0.3) is 0 Å². The Labute approximate surface area is 110 Å². The summed E-state index contributed by atoms with van der Waals surface area (Å²) in [5.41, 5.74) is 0. The fraction of sp³-hybridized carbons (Fsp3) is 0.455. The summed E-state index contributed by atoms with van der Waals surface area (Å²) >= 11 is 6.05. The molecule has 2 rings (SSSR count). The van der Waals surface area contributed by atoms with Gasteiger partial charge in [0.1, 0.15) is 28.8 Å². The largest absolute Gasteiger partial charge is 0.359 e. The summed E-state index contributed by atoms with van der Waals surface area (Å²) in [6.07, 6.45) is 3.13. The van der Waals surface area contributed by atoms with Crippen LogP contribution in [0.2, 0.25) is 5.02 Å². The third-order valence-electron chi connectivity index (χ3n) is 2.55. The maximum atomic E-state index is 6.05. The van der Waals surface area contributed by atoms with Crippen LogP contribution in [0.4, 0.5) is 5.82 Å². The first-order valence-electron chi connectivity index (χ1n) is 5.75. The molecular weight excluding hydrogens is 252 g/mol. The number of aryl methyl sites for hydroxylation is 2.